The number of carbonyl (C=O) groups excluding carboxylic acids is 2. The summed E-state index contributed by atoms with van der Waals surface area (Å²) in [5, 5.41) is 4.79. The Morgan fingerprint density at radius 2 is 1.71 bits per heavy atom. The molecule has 5 rings (SSSR count). The van der Waals surface area contributed by atoms with Gasteiger partial charge in [0.1, 0.15) is 16.9 Å². The highest BCUT2D eigenvalue weighted by Gasteiger charge is 2.28. The third kappa shape index (κ3) is 4.15. The lowest BCUT2D eigenvalue weighted by molar-refractivity contribution is 0.0529. The van der Waals surface area contributed by atoms with Crippen LogP contribution in [-0.2, 0) is 17.7 Å². The Morgan fingerprint density at radius 1 is 0.971 bits per heavy atom. The lowest BCUT2D eigenvalue weighted by atomic mass is 10.1. The van der Waals surface area contributed by atoms with Gasteiger partial charge in [-0.2, -0.15) is 0 Å². The van der Waals surface area contributed by atoms with Gasteiger partial charge in [0, 0.05) is 6.54 Å². The number of esters is 1. The third-order valence-electron chi connectivity index (χ3n) is 5.47. The van der Waals surface area contributed by atoms with Gasteiger partial charge in [0.2, 0.25) is 0 Å². The van der Waals surface area contributed by atoms with Crippen LogP contribution in [0.4, 0.5) is 5.82 Å². The Balaban J connectivity index is 1.70. The Hall–Kier alpha value is -4.04. The van der Waals surface area contributed by atoms with Gasteiger partial charge in [-0.25, -0.2) is 14.8 Å². The molecule has 2 aromatic carbocycles. The monoisotopic (exact) mass is 470 g/mol. The molecule has 0 atom stereocenters. The van der Waals surface area contributed by atoms with Crippen LogP contribution in [0.1, 0.15) is 32.5 Å². The fourth-order valence-electron chi connectivity index (χ4n) is 3.91. The fourth-order valence-corrected chi connectivity index (χ4v) is 4.53. The van der Waals surface area contributed by atoms with Gasteiger partial charge in [-0.3, -0.25) is 4.79 Å². The van der Waals surface area contributed by atoms with Crippen molar-refractivity contribution in [3.05, 3.63) is 88.1 Å². The maximum absolute atomic E-state index is 13.1. The molecule has 8 heteroatoms. The van der Waals surface area contributed by atoms with E-state index < -0.39 is 5.97 Å². The topological polar surface area (TPSA) is 86.1 Å². The number of nitrogens with one attached hydrogen (secondary N) is 1. The molecular weight excluding hydrogens is 448 g/mol. The van der Waals surface area contributed by atoms with E-state index in [0.717, 1.165) is 5.56 Å². The number of carbonyl (C=O) groups is 2. The highest BCUT2D eigenvalue weighted by Crippen LogP contribution is 2.31. The highest BCUT2D eigenvalue weighted by molar-refractivity contribution is 7.12. The maximum Gasteiger partial charge on any atom is 0.344 e. The number of nitrogens with zero attached hydrogens (tertiary/aromatic N) is 3. The quantitative estimate of drug-likeness (QED) is 0.326. The van der Waals surface area contributed by atoms with Crippen LogP contribution in [0.2, 0.25) is 0 Å². The number of hydrogen-bond donors (Lipinski definition) is 1. The van der Waals surface area contributed by atoms with Crippen LogP contribution in [0.5, 0.6) is 0 Å². The molecule has 1 amide bonds. The zero-order chi connectivity index (χ0) is 23.5. The van der Waals surface area contributed by atoms with E-state index in [9.17, 15) is 9.59 Å². The molecule has 0 aliphatic carbocycles. The summed E-state index contributed by atoms with van der Waals surface area (Å²) in [7, 11) is 0. The van der Waals surface area contributed by atoms with E-state index in [4.69, 9.17) is 14.7 Å². The largest absolute Gasteiger partial charge is 0.462 e. The van der Waals surface area contributed by atoms with Crippen LogP contribution >= 0.6 is 11.3 Å². The number of thiophene rings is 1. The Bertz CT molecular complexity index is 1480. The first-order valence-corrected chi connectivity index (χ1v) is 11.9. The summed E-state index contributed by atoms with van der Waals surface area (Å²) in [4.78, 5) is 36.3. The number of fused-ring (bicyclic) bond motifs is 2. The number of rotatable bonds is 7. The summed E-state index contributed by atoms with van der Waals surface area (Å²) in [6, 6.07) is 21.1. The van der Waals surface area contributed by atoms with Gasteiger partial charge in [-0.15, -0.1) is 11.3 Å². The first-order valence-electron chi connectivity index (χ1n) is 11.0. The van der Waals surface area contributed by atoms with Gasteiger partial charge in [-0.1, -0.05) is 48.5 Å². The molecule has 7 nitrogen and oxygen atoms in total. The number of aromatic nitrogens is 3. The summed E-state index contributed by atoms with van der Waals surface area (Å²) >= 11 is 1.33. The Morgan fingerprint density at radius 3 is 2.41 bits per heavy atom. The molecule has 5 aromatic rings. The van der Waals surface area contributed by atoms with Gasteiger partial charge in [0.15, 0.2) is 5.65 Å². The molecule has 170 valence electrons. The van der Waals surface area contributed by atoms with Crippen LogP contribution in [0, 0.1) is 0 Å². The van der Waals surface area contributed by atoms with Gasteiger partial charge in [0.25, 0.3) is 5.91 Å². The summed E-state index contributed by atoms with van der Waals surface area (Å²) in [5.41, 5.74) is 3.65. The van der Waals surface area contributed by atoms with E-state index >= 15 is 0 Å². The molecule has 1 N–H and O–H groups in total. The van der Waals surface area contributed by atoms with Crippen molar-refractivity contribution in [2.24, 2.45) is 0 Å². The Labute approximate surface area is 200 Å². The van der Waals surface area contributed by atoms with E-state index in [2.05, 4.69) is 5.32 Å². The predicted octanol–water partition coefficient (Wildman–Crippen LogP) is 5.32. The molecule has 0 fully saturated rings. The number of hydrogen-bond acceptors (Lipinski definition) is 6. The molecule has 0 aliphatic heterocycles. The summed E-state index contributed by atoms with van der Waals surface area (Å²) in [5.74, 6) is -0.496. The van der Waals surface area contributed by atoms with E-state index in [1.54, 1.807) is 13.0 Å². The number of amides is 1. The first kappa shape index (κ1) is 21.8. The van der Waals surface area contributed by atoms with Crippen molar-refractivity contribution in [3.63, 3.8) is 0 Å². The molecule has 3 heterocycles. The molecule has 0 bridgehead atoms. The van der Waals surface area contributed by atoms with Crippen LogP contribution in [0.15, 0.2) is 72.1 Å². The SMILES string of the molecule is CCOC(=O)c1c(NC(=O)c2cccs2)n(CCc2ccccc2)c2nc3ccccc3nc12. The predicted molar refractivity (Wildman–Crippen MR) is 133 cm³/mol. The van der Waals surface area contributed by atoms with Crippen LogP contribution < -0.4 is 5.32 Å². The second-order valence-corrected chi connectivity index (χ2v) is 8.59. The number of anilines is 1. The minimum absolute atomic E-state index is 0.203. The van der Waals surface area contributed by atoms with E-state index in [1.165, 1.54) is 11.3 Å². The molecule has 0 radical (unpaired) electrons. The van der Waals surface area contributed by atoms with E-state index in [1.807, 2.05) is 70.6 Å². The van der Waals surface area contributed by atoms with Crippen molar-refractivity contribution in [3.8, 4) is 0 Å². The standard InChI is InChI=1S/C26H22N4O3S/c1-2-33-26(32)21-22-24(28-19-12-7-6-11-18(19)27-22)30(15-14-17-9-4-3-5-10-17)23(21)29-25(31)20-13-8-16-34-20/h3-13,16H,2,14-15H2,1H3,(H,29,31). The van der Waals surface area contributed by atoms with Crippen molar-refractivity contribution in [1.29, 1.82) is 0 Å². The minimum atomic E-state index is -0.544. The van der Waals surface area contributed by atoms with Crippen molar-refractivity contribution < 1.29 is 14.3 Å². The second kappa shape index (κ2) is 9.44. The molecule has 3 aromatic heterocycles. The average Bonchev–Trinajstić information content (AvgIpc) is 3.49. The number of ether oxygens (including phenoxy) is 1. The normalized spacial score (nSPS) is 11.1. The summed E-state index contributed by atoms with van der Waals surface area (Å²) in [6.07, 6.45) is 0.684. The fraction of sp³-hybridized carbons (Fsp3) is 0.154. The summed E-state index contributed by atoms with van der Waals surface area (Å²) in [6.45, 7) is 2.44. The number of para-hydroxylation sites is 2. The average molecular weight is 471 g/mol. The van der Waals surface area contributed by atoms with Crippen LogP contribution in [0.3, 0.4) is 0 Å². The van der Waals surface area contributed by atoms with Gasteiger partial charge < -0.3 is 14.6 Å². The molecule has 0 spiro atoms. The van der Waals surface area contributed by atoms with Crippen LogP contribution in [-0.4, -0.2) is 33.0 Å². The lowest BCUT2D eigenvalue weighted by Crippen LogP contribution is -2.18. The number of benzene rings is 2. The van der Waals surface area contributed by atoms with Crippen molar-refractivity contribution in [1.82, 2.24) is 14.5 Å². The third-order valence-corrected chi connectivity index (χ3v) is 6.34. The molecule has 34 heavy (non-hydrogen) atoms. The Kier molecular flexibility index (Phi) is 6.05. The van der Waals surface area contributed by atoms with E-state index in [0.29, 0.717) is 45.9 Å². The van der Waals surface area contributed by atoms with Gasteiger partial charge >= 0.3 is 5.97 Å². The second-order valence-electron chi connectivity index (χ2n) is 7.65. The van der Waals surface area contributed by atoms with Crippen molar-refractivity contribution in [2.45, 2.75) is 19.9 Å². The molecule has 0 saturated heterocycles. The molecular formula is C26H22N4O3S. The first-order chi connectivity index (χ1) is 16.7. The smallest absolute Gasteiger partial charge is 0.344 e. The van der Waals surface area contributed by atoms with Gasteiger partial charge in [0.05, 0.1) is 22.5 Å². The molecule has 0 saturated carbocycles. The van der Waals surface area contributed by atoms with E-state index in [-0.39, 0.29) is 18.1 Å². The zero-order valence-electron chi connectivity index (χ0n) is 18.5. The van der Waals surface area contributed by atoms with Crippen molar-refractivity contribution >= 4 is 51.2 Å². The molecule has 0 unspecified atom stereocenters. The lowest BCUT2D eigenvalue weighted by Gasteiger charge is -2.12. The van der Waals surface area contributed by atoms with Crippen molar-refractivity contribution in [2.75, 3.05) is 11.9 Å². The zero-order valence-corrected chi connectivity index (χ0v) is 19.3. The molecule has 0 aliphatic rings. The van der Waals surface area contributed by atoms with Crippen LogP contribution in [0.25, 0.3) is 22.2 Å². The summed E-state index contributed by atoms with van der Waals surface area (Å²) < 4.78 is 7.23. The highest BCUT2D eigenvalue weighted by atomic mass is 32.1. The maximum atomic E-state index is 13.1. The van der Waals surface area contributed by atoms with Gasteiger partial charge in [-0.05, 0) is 42.5 Å². The minimum Gasteiger partial charge on any atom is -0.462 e. The number of aryl methyl sites for hydroxylation is 2.